The fraction of sp³-hybridized carbons (Fsp3) is 0.250. The standard InChI is InChI=1S/C20H21NO2/c1-13(12-23-3)16-10-7-11-17-19(16)18(14(2)21-17)20(22)15-8-5-4-6-9-15/h4-11,13,21H,12H2,1-3H3. The molecule has 0 fully saturated rings. The number of H-pyrrole nitrogens is 1. The molecule has 2 aromatic carbocycles. The van der Waals surface area contributed by atoms with Crippen LogP contribution in [0.3, 0.4) is 0 Å². The molecule has 3 aromatic rings. The van der Waals surface area contributed by atoms with Gasteiger partial charge in [-0.25, -0.2) is 0 Å². The fourth-order valence-corrected chi connectivity index (χ4v) is 3.17. The minimum absolute atomic E-state index is 0.0615. The van der Waals surface area contributed by atoms with Gasteiger partial charge in [-0.2, -0.15) is 0 Å². The summed E-state index contributed by atoms with van der Waals surface area (Å²) in [5, 5.41) is 1.02. The summed E-state index contributed by atoms with van der Waals surface area (Å²) in [6.07, 6.45) is 0. The topological polar surface area (TPSA) is 42.1 Å². The second-order valence-corrected chi connectivity index (χ2v) is 5.95. The SMILES string of the molecule is COCC(C)c1cccc2[nH]c(C)c(C(=O)c3ccccc3)c12. The Hall–Kier alpha value is -2.39. The average Bonchev–Trinajstić information content (AvgIpc) is 2.91. The van der Waals surface area contributed by atoms with Crippen LogP contribution in [0.2, 0.25) is 0 Å². The number of fused-ring (bicyclic) bond motifs is 1. The minimum Gasteiger partial charge on any atom is -0.384 e. The van der Waals surface area contributed by atoms with E-state index in [-0.39, 0.29) is 11.7 Å². The first kappa shape index (κ1) is 15.5. The molecule has 0 aliphatic carbocycles. The molecule has 3 rings (SSSR count). The van der Waals surface area contributed by atoms with E-state index in [1.54, 1.807) is 7.11 Å². The lowest BCUT2D eigenvalue weighted by atomic mass is 9.92. The lowest BCUT2D eigenvalue weighted by Gasteiger charge is -2.13. The first-order chi connectivity index (χ1) is 11.1. The normalized spacial score (nSPS) is 12.5. The monoisotopic (exact) mass is 307 g/mol. The highest BCUT2D eigenvalue weighted by molar-refractivity contribution is 6.18. The van der Waals surface area contributed by atoms with Gasteiger partial charge in [0.15, 0.2) is 5.78 Å². The molecule has 1 N–H and O–H groups in total. The van der Waals surface area contributed by atoms with E-state index in [9.17, 15) is 4.79 Å². The van der Waals surface area contributed by atoms with Crippen LogP contribution < -0.4 is 0 Å². The molecular formula is C20H21NO2. The summed E-state index contributed by atoms with van der Waals surface area (Å²) >= 11 is 0. The van der Waals surface area contributed by atoms with Crippen LogP contribution in [0.1, 0.15) is 40.0 Å². The molecule has 0 radical (unpaired) electrons. The molecule has 0 aliphatic heterocycles. The van der Waals surface area contributed by atoms with Gasteiger partial charge in [-0.05, 0) is 18.6 Å². The molecule has 0 bridgehead atoms. The van der Waals surface area contributed by atoms with Gasteiger partial charge in [0.2, 0.25) is 0 Å². The summed E-state index contributed by atoms with van der Waals surface area (Å²) in [4.78, 5) is 16.4. The Bertz CT molecular complexity index is 833. The first-order valence-corrected chi connectivity index (χ1v) is 7.83. The highest BCUT2D eigenvalue weighted by atomic mass is 16.5. The van der Waals surface area contributed by atoms with Crippen molar-refractivity contribution in [2.45, 2.75) is 19.8 Å². The molecule has 1 aromatic heterocycles. The maximum atomic E-state index is 13.0. The molecule has 23 heavy (non-hydrogen) atoms. The second kappa shape index (κ2) is 6.39. The Morgan fingerprint density at radius 2 is 1.87 bits per heavy atom. The molecule has 0 aliphatic rings. The zero-order chi connectivity index (χ0) is 16.4. The minimum atomic E-state index is 0.0615. The van der Waals surface area contributed by atoms with Crippen LogP contribution in [0.5, 0.6) is 0 Å². The average molecular weight is 307 g/mol. The number of carbonyl (C=O) groups is 1. The van der Waals surface area contributed by atoms with E-state index in [4.69, 9.17) is 4.74 Å². The summed E-state index contributed by atoms with van der Waals surface area (Å²) in [5.41, 5.74) is 4.54. The molecule has 3 heteroatoms. The molecule has 0 amide bonds. The van der Waals surface area contributed by atoms with Crippen LogP contribution in [0.15, 0.2) is 48.5 Å². The predicted octanol–water partition coefficient (Wildman–Crippen LogP) is 4.46. The number of hydrogen-bond acceptors (Lipinski definition) is 2. The van der Waals surface area contributed by atoms with E-state index in [1.807, 2.05) is 49.4 Å². The summed E-state index contributed by atoms with van der Waals surface area (Å²) in [6.45, 7) is 4.71. The van der Waals surface area contributed by atoms with E-state index < -0.39 is 0 Å². The van der Waals surface area contributed by atoms with Crippen LogP contribution in [0.4, 0.5) is 0 Å². The zero-order valence-corrected chi connectivity index (χ0v) is 13.7. The number of carbonyl (C=O) groups excluding carboxylic acids is 1. The Labute approximate surface area is 136 Å². The van der Waals surface area contributed by atoms with E-state index in [0.29, 0.717) is 12.2 Å². The highest BCUT2D eigenvalue weighted by Crippen LogP contribution is 2.32. The summed E-state index contributed by atoms with van der Waals surface area (Å²) < 4.78 is 5.30. The van der Waals surface area contributed by atoms with Gasteiger partial charge in [0.1, 0.15) is 0 Å². The van der Waals surface area contributed by atoms with Crippen molar-refractivity contribution in [3.63, 3.8) is 0 Å². The lowest BCUT2D eigenvalue weighted by molar-refractivity contribution is 0.103. The van der Waals surface area contributed by atoms with Gasteiger partial charge in [0, 0.05) is 35.2 Å². The Morgan fingerprint density at radius 3 is 2.57 bits per heavy atom. The molecule has 1 unspecified atom stereocenters. The van der Waals surface area contributed by atoms with Gasteiger partial charge in [-0.15, -0.1) is 0 Å². The number of rotatable bonds is 5. The van der Waals surface area contributed by atoms with E-state index in [0.717, 1.165) is 27.7 Å². The van der Waals surface area contributed by atoms with Crippen molar-refractivity contribution in [1.82, 2.24) is 4.98 Å². The van der Waals surface area contributed by atoms with Gasteiger partial charge < -0.3 is 9.72 Å². The number of hydrogen-bond donors (Lipinski definition) is 1. The molecule has 1 heterocycles. The third kappa shape index (κ3) is 2.80. The van der Waals surface area contributed by atoms with E-state index in [1.165, 1.54) is 0 Å². The number of nitrogens with one attached hydrogen (secondary N) is 1. The van der Waals surface area contributed by atoms with Crippen LogP contribution in [-0.2, 0) is 4.74 Å². The van der Waals surface area contributed by atoms with Gasteiger partial charge in [-0.1, -0.05) is 49.4 Å². The van der Waals surface area contributed by atoms with Gasteiger partial charge in [-0.3, -0.25) is 4.79 Å². The molecule has 3 nitrogen and oxygen atoms in total. The number of ketones is 1. The molecule has 1 atom stereocenters. The fourth-order valence-electron chi connectivity index (χ4n) is 3.17. The van der Waals surface area contributed by atoms with Crippen molar-refractivity contribution in [1.29, 1.82) is 0 Å². The van der Waals surface area contributed by atoms with E-state index in [2.05, 4.69) is 18.0 Å². The molecule has 0 saturated carbocycles. The van der Waals surface area contributed by atoms with E-state index >= 15 is 0 Å². The highest BCUT2D eigenvalue weighted by Gasteiger charge is 2.21. The molecule has 118 valence electrons. The van der Waals surface area contributed by atoms with Crippen LogP contribution in [0, 0.1) is 6.92 Å². The lowest BCUT2D eigenvalue weighted by Crippen LogP contribution is -2.06. The van der Waals surface area contributed by atoms with Crippen molar-refractivity contribution < 1.29 is 9.53 Å². The van der Waals surface area contributed by atoms with Crippen LogP contribution >= 0.6 is 0 Å². The number of benzene rings is 2. The van der Waals surface area contributed by atoms with Gasteiger partial charge in [0.25, 0.3) is 0 Å². The third-order valence-corrected chi connectivity index (χ3v) is 4.25. The van der Waals surface area contributed by atoms with Crippen molar-refractivity contribution in [3.8, 4) is 0 Å². The summed E-state index contributed by atoms with van der Waals surface area (Å²) in [5.74, 6) is 0.285. The van der Waals surface area contributed by atoms with Crippen molar-refractivity contribution in [2.24, 2.45) is 0 Å². The number of aromatic amines is 1. The quantitative estimate of drug-likeness (QED) is 0.707. The maximum absolute atomic E-state index is 13.0. The smallest absolute Gasteiger partial charge is 0.195 e. The molecule has 0 saturated heterocycles. The van der Waals surface area contributed by atoms with Gasteiger partial charge in [0.05, 0.1) is 12.2 Å². The number of aromatic nitrogens is 1. The number of aryl methyl sites for hydroxylation is 1. The number of ether oxygens (including phenoxy) is 1. The Kier molecular flexibility index (Phi) is 4.30. The summed E-state index contributed by atoms with van der Waals surface area (Å²) in [7, 11) is 1.70. The Morgan fingerprint density at radius 1 is 1.13 bits per heavy atom. The second-order valence-electron chi connectivity index (χ2n) is 5.95. The largest absolute Gasteiger partial charge is 0.384 e. The maximum Gasteiger partial charge on any atom is 0.195 e. The predicted molar refractivity (Wildman–Crippen MR) is 93.2 cm³/mol. The van der Waals surface area contributed by atoms with Crippen molar-refractivity contribution in [3.05, 3.63) is 70.9 Å². The van der Waals surface area contributed by atoms with Crippen LogP contribution in [0.25, 0.3) is 10.9 Å². The molecular weight excluding hydrogens is 286 g/mol. The summed E-state index contributed by atoms with van der Waals surface area (Å²) in [6, 6.07) is 15.6. The van der Waals surface area contributed by atoms with Crippen molar-refractivity contribution >= 4 is 16.7 Å². The number of methoxy groups -OCH3 is 1. The zero-order valence-electron chi connectivity index (χ0n) is 13.7. The third-order valence-electron chi connectivity index (χ3n) is 4.25. The first-order valence-electron chi connectivity index (χ1n) is 7.83. The molecule has 0 spiro atoms. The van der Waals surface area contributed by atoms with Crippen molar-refractivity contribution in [2.75, 3.05) is 13.7 Å². The Balaban J connectivity index is 2.20. The van der Waals surface area contributed by atoms with Gasteiger partial charge >= 0.3 is 0 Å². The van der Waals surface area contributed by atoms with Crippen LogP contribution in [-0.4, -0.2) is 24.5 Å².